The molecule has 10 nitrogen and oxygen atoms in total. The molecule has 2 aromatic heterocycles. The van der Waals surface area contributed by atoms with Crippen LogP contribution in [-0.4, -0.2) is 66.0 Å². The number of hydrogen-bond donors (Lipinski definition) is 3. The summed E-state index contributed by atoms with van der Waals surface area (Å²) in [5.41, 5.74) is 4.58. The van der Waals surface area contributed by atoms with Crippen molar-refractivity contribution in [3.05, 3.63) is 95.9 Å². The zero-order valence-corrected chi connectivity index (χ0v) is 29.3. The number of aryl methyl sites for hydroxylation is 1. The number of methoxy groups -OCH3 is 2. The number of para-hydroxylation sites is 1. The van der Waals surface area contributed by atoms with Gasteiger partial charge in [-0.15, -0.1) is 5.10 Å². The van der Waals surface area contributed by atoms with E-state index in [1.54, 1.807) is 14.2 Å². The van der Waals surface area contributed by atoms with Crippen LogP contribution in [0.2, 0.25) is 18.6 Å². The summed E-state index contributed by atoms with van der Waals surface area (Å²) in [5.74, 6) is 1.54. The number of aliphatic hydroxyl groups is 1. The Labute approximate surface area is 282 Å². The standard InChI is InChI=1S/C37H45N5O5Si/c1-24-36(46-3)31-21-26(39-35(44)20-25-22-38-32-9-7-6-8-30(25)32)10-15-33(31)47-37(24)34(16-18-42-23-27(17-19-43)40-41-42)48(4,5)29-13-11-28(45-2)12-14-29/h6-15,21-24,34,36-38,43H,16-20H2,1-5H3,(H,39,44)/t24-,34?,36-,37-/m0/s1. The van der Waals surface area contributed by atoms with E-state index in [-0.39, 0.29) is 42.6 Å². The van der Waals surface area contributed by atoms with E-state index in [0.29, 0.717) is 18.7 Å². The van der Waals surface area contributed by atoms with Gasteiger partial charge in [-0.05, 0) is 53.9 Å². The molecule has 0 fully saturated rings. The van der Waals surface area contributed by atoms with Gasteiger partial charge in [-0.25, -0.2) is 0 Å². The molecule has 1 amide bonds. The van der Waals surface area contributed by atoms with E-state index in [1.807, 2.05) is 71.7 Å². The molecule has 1 unspecified atom stereocenters. The lowest BCUT2D eigenvalue weighted by molar-refractivity contribution is -0.115. The molecule has 4 atom stereocenters. The summed E-state index contributed by atoms with van der Waals surface area (Å²) in [6.45, 7) is 7.72. The van der Waals surface area contributed by atoms with Crippen molar-refractivity contribution >= 4 is 35.8 Å². The van der Waals surface area contributed by atoms with Crippen LogP contribution in [0.1, 0.15) is 36.3 Å². The first kappa shape index (κ1) is 33.4. The number of carbonyl (C=O) groups excluding carboxylic acids is 1. The SMILES string of the molecule is COc1ccc([Si](C)(C)C(CCn2cc(CCO)nn2)[C@H]2Oc3ccc(NC(=O)Cc4c[nH]c5ccccc45)cc3[C@@H](OC)[C@@H]2C)cc1. The fourth-order valence-electron chi connectivity index (χ4n) is 7.23. The molecule has 48 heavy (non-hydrogen) atoms. The van der Waals surface area contributed by atoms with E-state index in [4.69, 9.17) is 14.2 Å². The van der Waals surface area contributed by atoms with E-state index in [0.717, 1.165) is 45.6 Å². The predicted octanol–water partition coefficient (Wildman–Crippen LogP) is 5.64. The fourth-order valence-corrected chi connectivity index (χ4v) is 10.7. The number of rotatable bonds is 13. The van der Waals surface area contributed by atoms with Crippen molar-refractivity contribution in [2.45, 2.75) is 63.6 Å². The van der Waals surface area contributed by atoms with Gasteiger partial charge in [-0.2, -0.15) is 0 Å². The minimum absolute atomic E-state index is 0.0235. The number of aliphatic hydroxyl groups excluding tert-OH is 1. The highest BCUT2D eigenvalue weighted by Gasteiger charge is 2.47. The van der Waals surface area contributed by atoms with Crippen LogP contribution in [0.25, 0.3) is 10.9 Å². The third-order valence-electron chi connectivity index (χ3n) is 9.92. The molecular weight excluding hydrogens is 623 g/mol. The quantitative estimate of drug-likeness (QED) is 0.139. The lowest BCUT2D eigenvalue weighted by Gasteiger charge is -2.46. The average molecular weight is 668 g/mol. The number of hydrogen-bond acceptors (Lipinski definition) is 7. The molecule has 1 aliphatic rings. The van der Waals surface area contributed by atoms with Crippen molar-refractivity contribution in [1.29, 1.82) is 0 Å². The Morgan fingerprint density at radius 2 is 1.92 bits per heavy atom. The molecule has 5 aromatic rings. The highest BCUT2D eigenvalue weighted by Crippen LogP contribution is 2.47. The van der Waals surface area contributed by atoms with Crippen LogP contribution in [-0.2, 0) is 28.9 Å². The van der Waals surface area contributed by atoms with Gasteiger partial charge in [0.05, 0.1) is 33.4 Å². The molecule has 0 saturated heterocycles. The average Bonchev–Trinajstić information content (AvgIpc) is 3.72. The number of ether oxygens (including phenoxy) is 3. The molecule has 0 aliphatic carbocycles. The minimum atomic E-state index is -2.18. The Morgan fingerprint density at radius 3 is 2.67 bits per heavy atom. The number of aromatic nitrogens is 4. The van der Waals surface area contributed by atoms with Crippen LogP contribution in [0.3, 0.4) is 0 Å². The Morgan fingerprint density at radius 1 is 1.12 bits per heavy atom. The Kier molecular flexibility index (Phi) is 10.00. The van der Waals surface area contributed by atoms with Crippen molar-refractivity contribution in [2.24, 2.45) is 5.92 Å². The molecule has 11 heteroatoms. The number of aromatic amines is 1. The van der Waals surface area contributed by atoms with E-state index >= 15 is 0 Å². The lowest BCUT2D eigenvalue weighted by Crippen LogP contribution is -2.54. The van der Waals surface area contributed by atoms with E-state index < -0.39 is 8.07 Å². The van der Waals surface area contributed by atoms with Crippen LogP contribution < -0.4 is 20.0 Å². The second-order valence-electron chi connectivity index (χ2n) is 13.2. The first-order valence-electron chi connectivity index (χ1n) is 16.5. The fraction of sp³-hybridized carbons (Fsp3) is 0.378. The molecule has 0 saturated carbocycles. The maximum Gasteiger partial charge on any atom is 0.228 e. The summed E-state index contributed by atoms with van der Waals surface area (Å²) in [4.78, 5) is 16.4. The van der Waals surface area contributed by atoms with E-state index in [1.165, 1.54) is 5.19 Å². The first-order valence-corrected chi connectivity index (χ1v) is 19.6. The zero-order valence-electron chi connectivity index (χ0n) is 28.3. The maximum atomic E-state index is 13.1. The van der Waals surface area contributed by atoms with E-state index in [2.05, 4.69) is 52.8 Å². The smallest absolute Gasteiger partial charge is 0.228 e. The Bertz CT molecular complexity index is 1850. The predicted molar refractivity (Wildman–Crippen MR) is 190 cm³/mol. The molecule has 3 heterocycles. The van der Waals surface area contributed by atoms with Crippen molar-refractivity contribution in [2.75, 3.05) is 26.1 Å². The highest BCUT2D eigenvalue weighted by atomic mass is 28.3. The van der Waals surface area contributed by atoms with Gasteiger partial charge < -0.3 is 29.6 Å². The van der Waals surface area contributed by atoms with Crippen molar-refractivity contribution < 1.29 is 24.1 Å². The number of benzene rings is 3. The van der Waals surface area contributed by atoms with Crippen LogP contribution in [0.5, 0.6) is 11.5 Å². The number of nitrogens with one attached hydrogen (secondary N) is 2. The topological polar surface area (TPSA) is 124 Å². The summed E-state index contributed by atoms with van der Waals surface area (Å²) in [6.07, 6.45) is 5.04. The summed E-state index contributed by atoms with van der Waals surface area (Å²) in [6, 6.07) is 22.3. The normalized spacial score (nSPS) is 18.2. The monoisotopic (exact) mass is 667 g/mol. The summed E-state index contributed by atoms with van der Waals surface area (Å²) in [7, 11) is 1.25. The highest BCUT2D eigenvalue weighted by molar-refractivity contribution is 6.91. The number of anilines is 1. The Balaban J connectivity index is 1.26. The van der Waals surface area contributed by atoms with Gasteiger partial charge >= 0.3 is 0 Å². The Hall–Kier alpha value is -4.45. The zero-order chi connectivity index (χ0) is 33.8. The summed E-state index contributed by atoms with van der Waals surface area (Å²) >= 11 is 0. The van der Waals surface area contributed by atoms with Gasteiger partial charge in [0.2, 0.25) is 5.91 Å². The second-order valence-corrected chi connectivity index (χ2v) is 18.0. The lowest BCUT2D eigenvalue weighted by atomic mass is 9.86. The molecule has 6 rings (SSSR count). The first-order chi connectivity index (χ1) is 23.2. The number of carbonyl (C=O) groups is 1. The van der Waals surface area contributed by atoms with E-state index in [9.17, 15) is 9.90 Å². The second kappa shape index (κ2) is 14.3. The molecule has 0 bridgehead atoms. The molecule has 3 N–H and O–H groups in total. The minimum Gasteiger partial charge on any atom is -0.497 e. The molecule has 252 valence electrons. The van der Waals surface area contributed by atoms with Crippen molar-refractivity contribution in [3.8, 4) is 11.5 Å². The van der Waals surface area contributed by atoms with Gasteiger partial charge in [0.15, 0.2) is 0 Å². The summed E-state index contributed by atoms with van der Waals surface area (Å²) < 4.78 is 20.5. The van der Waals surface area contributed by atoms with Crippen LogP contribution >= 0.6 is 0 Å². The largest absolute Gasteiger partial charge is 0.497 e. The van der Waals surface area contributed by atoms with Gasteiger partial charge in [0, 0.05) is 67.1 Å². The van der Waals surface area contributed by atoms with Gasteiger partial charge in [0.25, 0.3) is 0 Å². The molecule has 1 aliphatic heterocycles. The molecular formula is C37H45N5O5Si. The van der Waals surface area contributed by atoms with Gasteiger partial charge in [-0.3, -0.25) is 9.48 Å². The maximum absolute atomic E-state index is 13.1. The number of fused-ring (bicyclic) bond motifs is 2. The molecule has 0 spiro atoms. The number of amides is 1. The van der Waals surface area contributed by atoms with Gasteiger partial charge in [0.1, 0.15) is 17.6 Å². The van der Waals surface area contributed by atoms with Crippen LogP contribution in [0.15, 0.2) is 79.1 Å². The molecule has 3 aromatic carbocycles. The number of H-pyrrole nitrogens is 1. The third kappa shape index (κ3) is 6.89. The van der Waals surface area contributed by atoms with Crippen molar-refractivity contribution in [1.82, 2.24) is 20.0 Å². The summed E-state index contributed by atoms with van der Waals surface area (Å²) in [5, 5.41) is 23.4. The van der Waals surface area contributed by atoms with Crippen molar-refractivity contribution in [3.63, 3.8) is 0 Å². The van der Waals surface area contributed by atoms with Gasteiger partial charge in [-0.1, -0.05) is 60.7 Å². The van der Waals surface area contributed by atoms with Crippen LogP contribution in [0, 0.1) is 5.92 Å². The third-order valence-corrected chi connectivity index (χ3v) is 14.2. The molecule has 0 radical (unpaired) electrons. The van der Waals surface area contributed by atoms with Crippen LogP contribution in [0.4, 0.5) is 5.69 Å². The number of nitrogens with zero attached hydrogens (tertiary/aromatic N) is 3.